The zero-order chi connectivity index (χ0) is 45.2. The number of halogens is 5. The van der Waals surface area contributed by atoms with E-state index in [4.69, 9.17) is 15.6 Å². The first kappa shape index (κ1) is 47.7. The van der Waals surface area contributed by atoms with E-state index in [2.05, 4.69) is 10.6 Å². The maximum atomic E-state index is 15.0. The molecule has 330 valence electrons. The standard InChI is InChI=1S/C40H48F2N6O6.C2HF3O2/c1-40(2,3)37(33-20-27(30-21-28(41)10-12-31(30)42)23-46(33)22-25-7-5-4-6-8-25)48(36(52)24-49)17-15-32(43)39(54)45-29-11-9-26(19-29)38(53)44-16-18-47-34(50)13-14-35(47)51;3-2(4,5)1(6)7/h4-8,10,12-14,20-21,23,26,29,32,37,49H,9,11,15-19,22,24,43H2,1-3H3,(H,44,53)(H,45,54);(H,6,7)/t26-,29-,32-,37-;/m0./s1. The molecule has 61 heavy (non-hydrogen) atoms. The normalized spacial score (nSPS) is 17.4. The van der Waals surface area contributed by atoms with Gasteiger partial charge in [0.1, 0.15) is 18.2 Å². The molecule has 14 nitrogen and oxygen atoms in total. The van der Waals surface area contributed by atoms with Gasteiger partial charge in [-0.1, -0.05) is 51.1 Å². The summed E-state index contributed by atoms with van der Waals surface area (Å²) in [5, 5.41) is 22.9. The Morgan fingerprint density at radius 3 is 2.20 bits per heavy atom. The SMILES string of the molecule is CC(C)(C)[C@H](c1cc(-c2cc(F)ccc2F)cn1Cc1ccccc1)N(CC[C@H](N)C(=O)N[C@H]1CC[C@H](C(=O)NCCN2C(=O)C=CC2=O)C1)C(=O)CO.O=C(O)C(F)(F)F. The fourth-order valence-electron chi connectivity index (χ4n) is 7.26. The van der Waals surface area contributed by atoms with Crippen molar-refractivity contribution in [1.82, 2.24) is 25.0 Å². The summed E-state index contributed by atoms with van der Waals surface area (Å²) < 4.78 is 63.0. The molecule has 0 spiro atoms. The second kappa shape index (κ2) is 20.5. The molecular weight excluding hydrogens is 811 g/mol. The van der Waals surface area contributed by atoms with E-state index in [0.29, 0.717) is 37.1 Å². The lowest BCUT2D eigenvalue weighted by Gasteiger charge is -2.41. The summed E-state index contributed by atoms with van der Waals surface area (Å²) in [7, 11) is 0. The lowest BCUT2D eigenvalue weighted by atomic mass is 9.82. The van der Waals surface area contributed by atoms with Gasteiger partial charge in [0.25, 0.3) is 11.8 Å². The number of hydrogen-bond acceptors (Lipinski definition) is 8. The summed E-state index contributed by atoms with van der Waals surface area (Å²) in [5.41, 5.74) is 7.77. The quantitative estimate of drug-likeness (QED) is 0.110. The smallest absolute Gasteiger partial charge is 0.475 e. The lowest BCUT2D eigenvalue weighted by molar-refractivity contribution is -0.192. The Morgan fingerprint density at radius 2 is 1.61 bits per heavy atom. The highest BCUT2D eigenvalue weighted by Crippen LogP contribution is 2.41. The Balaban J connectivity index is 0.00000107. The Hall–Kier alpha value is -5.95. The van der Waals surface area contributed by atoms with Gasteiger partial charge in [0.15, 0.2) is 0 Å². The molecule has 2 aromatic carbocycles. The van der Waals surface area contributed by atoms with Crippen molar-refractivity contribution in [2.45, 2.75) is 77.3 Å². The molecule has 2 aliphatic rings. The number of aliphatic hydroxyl groups excluding tert-OH is 1. The average molecular weight is 861 g/mol. The Kier molecular flexibility index (Phi) is 16.1. The van der Waals surface area contributed by atoms with Gasteiger partial charge in [0.05, 0.1) is 12.1 Å². The number of amides is 5. The van der Waals surface area contributed by atoms with Crippen LogP contribution in [0.2, 0.25) is 0 Å². The van der Waals surface area contributed by atoms with Crippen LogP contribution >= 0.6 is 0 Å². The number of nitrogens with one attached hydrogen (secondary N) is 2. The lowest BCUT2D eigenvalue weighted by Crippen LogP contribution is -2.49. The van der Waals surface area contributed by atoms with Crippen LogP contribution in [0.3, 0.4) is 0 Å². The number of carbonyl (C=O) groups is 6. The van der Waals surface area contributed by atoms with Crippen LogP contribution in [0.5, 0.6) is 0 Å². The van der Waals surface area contributed by atoms with Crippen LogP contribution in [0.25, 0.3) is 11.1 Å². The molecule has 1 aromatic heterocycles. The van der Waals surface area contributed by atoms with E-state index in [9.17, 15) is 46.6 Å². The summed E-state index contributed by atoms with van der Waals surface area (Å²) in [6.45, 7) is 5.54. The number of imide groups is 1. The molecule has 5 rings (SSSR count). The monoisotopic (exact) mass is 860 g/mol. The first-order valence-corrected chi connectivity index (χ1v) is 19.4. The Labute approximate surface area is 348 Å². The van der Waals surface area contributed by atoms with E-state index in [1.165, 1.54) is 17.1 Å². The minimum atomic E-state index is -5.08. The zero-order valence-corrected chi connectivity index (χ0v) is 33.8. The largest absolute Gasteiger partial charge is 0.490 e. The highest BCUT2D eigenvalue weighted by molar-refractivity contribution is 6.12. The third-order valence-electron chi connectivity index (χ3n) is 10.2. The molecule has 0 unspecified atom stereocenters. The third-order valence-corrected chi connectivity index (χ3v) is 10.2. The molecular formula is C42H49F5N6O8. The zero-order valence-electron chi connectivity index (χ0n) is 33.8. The van der Waals surface area contributed by atoms with Crippen molar-refractivity contribution in [2.24, 2.45) is 17.1 Å². The number of benzene rings is 2. The van der Waals surface area contributed by atoms with Gasteiger partial charge in [-0.15, -0.1) is 0 Å². The summed E-state index contributed by atoms with van der Waals surface area (Å²) in [6.07, 6.45) is 0.537. The predicted octanol–water partition coefficient (Wildman–Crippen LogP) is 4.07. The van der Waals surface area contributed by atoms with Crippen LogP contribution in [0.1, 0.15) is 63.8 Å². The molecule has 1 aliphatic carbocycles. The molecule has 4 atom stereocenters. The molecule has 6 N–H and O–H groups in total. The summed E-state index contributed by atoms with van der Waals surface area (Å²) in [6, 6.07) is 12.5. The number of carbonyl (C=O) groups excluding carboxylic acids is 5. The number of aliphatic hydroxyl groups is 1. The number of rotatable bonds is 15. The molecule has 3 aromatic rings. The molecule has 1 fully saturated rings. The Morgan fingerprint density at radius 1 is 0.967 bits per heavy atom. The van der Waals surface area contributed by atoms with Crippen molar-refractivity contribution in [1.29, 1.82) is 0 Å². The van der Waals surface area contributed by atoms with E-state index >= 15 is 4.39 Å². The fraction of sp³-hybridized carbons (Fsp3) is 0.429. The summed E-state index contributed by atoms with van der Waals surface area (Å²) >= 11 is 0. The van der Waals surface area contributed by atoms with Crippen LogP contribution < -0.4 is 16.4 Å². The second-order valence-corrected chi connectivity index (χ2v) is 15.8. The van der Waals surface area contributed by atoms with Crippen molar-refractivity contribution >= 4 is 35.5 Å². The van der Waals surface area contributed by atoms with Crippen molar-refractivity contribution in [3.05, 3.63) is 95.8 Å². The van der Waals surface area contributed by atoms with Crippen LogP contribution in [0, 0.1) is 23.0 Å². The van der Waals surface area contributed by atoms with Crippen LogP contribution in [-0.2, 0) is 35.3 Å². The number of alkyl halides is 3. The van der Waals surface area contributed by atoms with Gasteiger partial charge in [-0.3, -0.25) is 28.9 Å². The van der Waals surface area contributed by atoms with E-state index in [0.717, 1.165) is 28.7 Å². The van der Waals surface area contributed by atoms with E-state index in [1.54, 1.807) is 12.3 Å². The predicted molar refractivity (Wildman–Crippen MR) is 211 cm³/mol. The topological polar surface area (TPSA) is 204 Å². The van der Waals surface area contributed by atoms with Gasteiger partial charge in [0.2, 0.25) is 17.7 Å². The molecule has 5 amide bonds. The third kappa shape index (κ3) is 13.0. The number of carboxylic acid groups (broad SMARTS) is 1. The minimum absolute atomic E-state index is 0.00331. The van der Waals surface area contributed by atoms with Gasteiger partial charge in [-0.05, 0) is 60.9 Å². The van der Waals surface area contributed by atoms with E-state index < -0.39 is 71.5 Å². The van der Waals surface area contributed by atoms with E-state index in [1.807, 2.05) is 55.7 Å². The molecule has 0 bridgehead atoms. The van der Waals surface area contributed by atoms with Gasteiger partial charge in [-0.25, -0.2) is 13.6 Å². The molecule has 1 saturated carbocycles. The molecule has 1 aliphatic heterocycles. The summed E-state index contributed by atoms with van der Waals surface area (Å²) in [4.78, 5) is 74.5. The number of nitrogens with two attached hydrogens (primary N) is 1. The Bertz CT molecular complexity index is 2080. The number of aromatic nitrogens is 1. The molecule has 0 radical (unpaired) electrons. The molecule has 19 heteroatoms. The second-order valence-electron chi connectivity index (χ2n) is 15.8. The average Bonchev–Trinajstić information content (AvgIpc) is 3.92. The summed E-state index contributed by atoms with van der Waals surface area (Å²) in [5.74, 6) is -6.42. The van der Waals surface area contributed by atoms with Crippen molar-refractivity contribution < 1.29 is 60.9 Å². The number of carboxylic acids is 1. The van der Waals surface area contributed by atoms with Gasteiger partial charge >= 0.3 is 12.1 Å². The fourth-order valence-corrected chi connectivity index (χ4v) is 7.26. The number of nitrogens with zero attached hydrogens (tertiary/aromatic N) is 3. The number of hydrogen-bond donors (Lipinski definition) is 5. The van der Waals surface area contributed by atoms with Gasteiger partial charge in [0, 0.05) is 73.3 Å². The van der Waals surface area contributed by atoms with Crippen molar-refractivity contribution in [2.75, 3.05) is 26.2 Å². The van der Waals surface area contributed by atoms with Crippen molar-refractivity contribution in [3.63, 3.8) is 0 Å². The maximum absolute atomic E-state index is 15.0. The van der Waals surface area contributed by atoms with E-state index in [-0.39, 0.29) is 49.5 Å². The molecule has 2 heterocycles. The molecule has 0 saturated heterocycles. The highest BCUT2D eigenvalue weighted by atomic mass is 19.4. The first-order valence-electron chi connectivity index (χ1n) is 19.4. The van der Waals surface area contributed by atoms with Gasteiger partial charge in [-0.2, -0.15) is 13.2 Å². The maximum Gasteiger partial charge on any atom is 0.490 e. The first-order chi connectivity index (χ1) is 28.6. The van der Waals surface area contributed by atoms with Crippen molar-refractivity contribution in [3.8, 4) is 11.1 Å². The minimum Gasteiger partial charge on any atom is -0.475 e. The van der Waals surface area contributed by atoms with Gasteiger partial charge < -0.3 is 36.0 Å². The van der Waals surface area contributed by atoms with Crippen LogP contribution in [-0.4, -0.2) is 105 Å². The number of aliphatic carboxylic acids is 1. The van der Waals surface area contributed by atoms with Crippen LogP contribution in [0.4, 0.5) is 22.0 Å². The highest BCUT2D eigenvalue weighted by Gasteiger charge is 2.39. The van der Waals surface area contributed by atoms with Crippen LogP contribution in [0.15, 0.2) is 72.9 Å².